The zero-order valence-corrected chi connectivity index (χ0v) is 18.6. The number of benzene rings is 2. The Morgan fingerprint density at radius 1 is 1.10 bits per heavy atom. The average molecular weight is 437 g/mol. The molecule has 1 fully saturated rings. The van der Waals surface area contributed by atoms with Crippen LogP contribution in [0.2, 0.25) is 0 Å². The van der Waals surface area contributed by atoms with Crippen LogP contribution in [0, 0.1) is 0 Å². The first kappa shape index (κ1) is 19.6. The van der Waals surface area contributed by atoms with Crippen molar-refractivity contribution in [2.45, 2.75) is 37.6 Å². The number of rotatable bonds is 5. The minimum Gasteiger partial charge on any atom is -0.332 e. The minimum absolute atomic E-state index is 0.0717. The third-order valence-corrected chi connectivity index (χ3v) is 7.40. The molecule has 5 rings (SSSR count). The number of thioether (sulfide) groups is 1. The molecule has 30 heavy (non-hydrogen) atoms. The smallest absolute Gasteiger partial charge is 0.243 e. The summed E-state index contributed by atoms with van der Waals surface area (Å²) in [7, 11) is 0. The van der Waals surface area contributed by atoms with Crippen molar-refractivity contribution in [1.82, 2.24) is 19.4 Å². The molecule has 0 N–H and O–H groups in total. The number of thiazole rings is 1. The summed E-state index contributed by atoms with van der Waals surface area (Å²) < 4.78 is 3.28. The van der Waals surface area contributed by atoms with Crippen LogP contribution in [0.15, 0.2) is 48.5 Å². The number of likely N-dealkylation sites (tertiary alicyclic amines) is 1. The van der Waals surface area contributed by atoms with Crippen molar-refractivity contribution >= 4 is 50.3 Å². The van der Waals surface area contributed by atoms with E-state index in [0.717, 1.165) is 58.9 Å². The van der Waals surface area contributed by atoms with Gasteiger partial charge in [0.25, 0.3) is 0 Å². The predicted octanol–water partition coefficient (Wildman–Crippen LogP) is 5.26. The summed E-state index contributed by atoms with van der Waals surface area (Å²) in [6, 6.07) is 16.4. The van der Waals surface area contributed by atoms with Crippen molar-refractivity contribution in [3.63, 3.8) is 0 Å². The molecule has 0 aliphatic carbocycles. The molecular weight excluding hydrogens is 412 g/mol. The molecule has 1 saturated heterocycles. The van der Waals surface area contributed by atoms with E-state index in [1.54, 1.807) is 23.1 Å². The van der Waals surface area contributed by atoms with Crippen molar-refractivity contribution in [2.75, 3.05) is 12.8 Å². The zero-order valence-electron chi connectivity index (χ0n) is 17.0. The Labute approximate surface area is 184 Å². The van der Waals surface area contributed by atoms with Crippen LogP contribution in [0.5, 0.6) is 0 Å². The van der Waals surface area contributed by atoms with Gasteiger partial charge in [0.2, 0.25) is 5.91 Å². The van der Waals surface area contributed by atoms with Crippen molar-refractivity contribution < 1.29 is 4.79 Å². The molecule has 1 aliphatic rings. The highest BCUT2D eigenvalue weighted by molar-refractivity contribution is 7.97. The molecule has 0 bridgehead atoms. The van der Waals surface area contributed by atoms with Crippen molar-refractivity contribution in [2.24, 2.45) is 0 Å². The Morgan fingerprint density at radius 3 is 2.73 bits per heavy atom. The van der Waals surface area contributed by atoms with Gasteiger partial charge in [0.1, 0.15) is 17.4 Å². The Bertz CT molecular complexity index is 1170. The monoisotopic (exact) mass is 436 g/mol. The van der Waals surface area contributed by atoms with Gasteiger partial charge in [0.15, 0.2) is 0 Å². The lowest BCUT2D eigenvalue weighted by Crippen LogP contribution is -2.40. The van der Waals surface area contributed by atoms with Crippen LogP contribution in [0.3, 0.4) is 0 Å². The number of carbonyl (C=O) groups excluding carboxylic acids is 1. The number of para-hydroxylation sites is 3. The second-order valence-electron chi connectivity index (χ2n) is 7.65. The van der Waals surface area contributed by atoms with E-state index < -0.39 is 0 Å². The van der Waals surface area contributed by atoms with Gasteiger partial charge in [-0.1, -0.05) is 24.3 Å². The van der Waals surface area contributed by atoms with Crippen LogP contribution in [0.25, 0.3) is 21.3 Å². The maximum absolute atomic E-state index is 13.5. The zero-order chi connectivity index (χ0) is 20.5. The number of fused-ring (bicyclic) bond motifs is 2. The number of nitrogens with zero attached hydrogens (tertiary/aromatic N) is 4. The first-order valence-electron chi connectivity index (χ1n) is 10.3. The normalized spacial score (nSPS) is 17.1. The van der Waals surface area contributed by atoms with E-state index in [0.29, 0.717) is 6.54 Å². The van der Waals surface area contributed by atoms with Gasteiger partial charge in [0, 0.05) is 6.54 Å². The number of hydrogen-bond acceptors (Lipinski definition) is 5. The predicted molar refractivity (Wildman–Crippen MR) is 125 cm³/mol. The second-order valence-corrected chi connectivity index (χ2v) is 9.58. The number of aromatic nitrogens is 3. The van der Waals surface area contributed by atoms with Crippen LogP contribution in [-0.4, -0.2) is 38.1 Å². The molecule has 154 valence electrons. The molecule has 2 aromatic heterocycles. The molecular formula is C23H24N4OS2. The molecule has 1 aliphatic heterocycles. The third kappa shape index (κ3) is 3.61. The SMILES string of the molecule is CSCc1nc2ccccc2n1CC(=O)N1CCCC[C@@H]1c1nc2ccccc2s1. The summed E-state index contributed by atoms with van der Waals surface area (Å²) >= 11 is 3.45. The molecule has 1 amide bonds. The molecule has 1 atom stereocenters. The Morgan fingerprint density at radius 2 is 1.90 bits per heavy atom. The Kier molecular flexibility index (Phi) is 5.48. The molecule has 5 nitrogen and oxygen atoms in total. The lowest BCUT2D eigenvalue weighted by Gasteiger charge is -2.34. The Balaban J connectivity index is 1.46. The van der Waals surface area contributed by atoms with E-state index in [-0.39, 0.29) is 11.9 Å². The minimum atomic E-state index is 0.0717. The lowest BCUT2D eigenvalue weighted by molar-refractivity contribution is -0.135. The summed E-state index contributed by atoms with van der Waals surface area (Å²) in [4.78, 5) is 25.2. The molecule has 0 saturated carbocycles. The van der Waals surface area contributed by atoms with Gasteiger partial charge in [-0.25, -0.2) is 9.97 Å². The van der Waals surface area contributed by atoms with E-state index in [4.69, 9.17) is 9.97 Å². The van der Waals surface area contributed by atoms with Crippen LogP contribution in [0.1, 0.15) is 36.1 Å². The first-order valence-corrected chi connectivity index (χ1v) is 12.5. The van der Waals surface area contributed by atoms with E-state index in [9.17, 15) is 4.79 Å². The second kappa shape index (κ2) is 8.40. The highest BCUT2D eigenvalue weighted by Gasteiger charge is 2.31. The number of hydrogen-bond donors (Lipinski definition) is 0. The summed E-state index contributed by atoms with van der Waals surface area (Å²) in [6.45, 7) is 1.13. The first-order chi connectivity index (χ1) is 14.7. The fraction of sp³-hybridized carbons (Fsp3) is 0.348. The van der Waals surface area contributed by atoms with Crippen LogP contribution in [0.4, 0.5) is 0 Å². The third-order valence-electron chi connectivity index (χ3n) is 5.72. The van der Waals surface area contributed by atoms with Gasteiger partial charge in [-0.05, 0) is 49.8 Å². The molecule has 0 radical (unpaired) electrons. The van der Waals surface area contributed by atoms with E-state index >= 15 is 0 Å². The summed E-state index contributed by atoms with van der Waals surface area (Å²) in [5.74, 6) is 1.92. The molecule has 3 heterocycles. The van der Waals surface area contributed by atoms with E-state index in [1.165, 1.54) is 4.70 Å². The van der Waals surface area contributed by atoms with Crippen LogP contribution in [-0.2, 0) is 17.1 Å². The van der Waals surface area contributed by atoms with Crippen LogP contribution >= 0.6 is 23.1 Å². The van der Waals surface area contributed by atoms with Crippen molar-refractivity contribution in [3.8, 4) is 0 Å². The van der Waals surface area contributed by atoms with Gasteiger partial charge in [0.05, 0.1) is 33.0 Å². The molecule has 2 aromatic carbocycles. The number of amides is 1. The standard InChI is InChI=1S/C23H24N4OS2/c1-29-15-21-24-16-8-2-4-10-18(16)27(21)14-22(28)26-13-7-6-11-19(26)23-25-17-9-3-5-12-20(17)30-23/h2-5,8-10,12,19H,6-7,11,13-15H2,1H3/t19-/m1/s1. The quantitative estimate of drug-likeness (QED) is 0.428. The molecule has 4 aromatic rings. The molecule has 0 unspecified atom stereocenters. The topological polar surface area (TPSA) is 51.0 Å². The van der Waals surface area contributed by atoms with Gasteiger partial charge >= 0.3 is 0 Å². The average Bonchev–Trinajstić information content (AvgIpc) is 3.36. The fourth-order valence-corrected chi connectivity index (χ4v) is 5.88. The molecule has 7 heteroatoms. The number of carbonyl (C=O) groups is 1. The van der Waals surface area contributed by atoms with E-state index in [1.807, 2.05) is 30.3 Å². The van der Waals surface area contributed by atoms with Crippen molar-refractivity contribution in [3.05, 3.63) is 59.4 Å². The maximum atomic E-state index is 13.5. The highest BCUT2D eigenvalue weighted by atomic mass is 32.2. The van der Waals surface area contributed by atoms with Gasteiger partial charge in [-0.2, -0.15) is 11.8 Å². The number of piperidine rings is 1. The van der Waals surface area contributed by atoms with Crippen LogP contribution < -0.4 is 0 Å². The lowest BCUT2D eigenvalue weighted by atomic mass is 10.0. The van der Waals surface area contributed by atoms with Crippen molar-refractivity contribution in [1.29, 1.82) is 0 Å². The summed E-state index contributed by atoms with van der Waals surface area (Å²) in [5.41, 5.74) is 3.01. The largest absolute Gasteiger partial charge is 0.332 e. The van der Waals surface area contributed by atoms with E-state index in [2.05, 4.69) is 33.9 Å². The molecule has 0 spiro atoms. The van der Waals surface area contributed by atoms with Gasteiger partial charge < -0.3 is 9.47 Å². The number of imidazole rings is 1. The Hall–Kier alpha value is -2.38. The van der Waals surface area contributed by atoms with Gasteiger partial charge in [-0.3, -0.25) is 4.79 Å². The summed E-state index contributed by atoms with van der Waals surface area (Å²) in [5, 5.41) is 1.06. The maximum Gasteiger partial charge on any atom is 0.243 e. The summed E-state index contributed by atoms with van der Waals surface area (Å²) in [6.07, 6.45) is 5.23. The van der Waals surface area contributed by atoms with Gasteiger partial charge in [-0.15, -0.1) is 11.3 Å². The fourth-order valence-electron chi connectivity index (χ4n) is 4.29. The highest BCUT2D eigenvalue weighted by Crippen LogP contribution is 2.36.